The Hall–Kier alpha value is -2.93. The molecule has 7 nitrogen and oxygen atoms in total. The van der Waals surface area contributed by atoms with Crippen molar-refractivity contribution in [2.45, 2.75) is 6.42 Å². The molecule has 1 radical (unpaired) electrons. The summed E-state index contributed by atoms with van der Waals surface area (Å²) in [6.07, 6.45) is 2.87. The summed E-state index contributed by atoms with van der Waals surface area (Å²) in [5.74, 6) is 0.111. The van der Waals surface area contributed by atoms with E-state index in [9.17, 15) is 14.1 Å². The van der Waals surface area contributed by atoms with Crippen molar-refractivity contribution >= 4 is 41.1 Å². The lowest BCUT2D eigenvalue weighted by molar-refractivity contribution is 0.585. The van der Waals surface area contributed by atoms with Crippen molar-refractivity contribution in [3.63, 3.8) is 0 Å². The van der Waals surface area contributed by atoms with Gasteiger partial charge in [-0.25, -0.2) is 19.5 Å². The number of halogens is 2. The van der Waals surface area contributed by atoms with Crippen LogP contribution >= 0.6 is 19.1 Å². The molecule has 4 aromatic rings. The zero-order valence-electron chi connectivity index (χ0n) is 17.6. The molecule has 0 bridgehead atoms. The first-order valence-corrected chi connectivity index (χ1v) is 13.0. The Morgan fingerprint density at radius 2 is 1.88 bits per heavy atom. The third kappa shape index (κ3) is 4.34. The summed E-state index contributed by atoms with van der Waals surface area (Å²) in [6.45, 7) is 1.03. The predicted octanol–water partition coefficient (Wildman–Crippen LogP) is 3.17. The summed E-state index contributed by atoms with van der Waals surface area (Å²) < 4.78 is 14.9. The first kappa shape index (κ1) is 21.9. The molecule has 2 N–H and O–H groups in total. The van der Waals surface area contributed by atoms with E-state index in [0.717, 1.165) is 10.9 Å². The summed E-state index contributed by atoms with van der Waals surface area (Å²) in [4.78, 5) is 34.0. The summed E-state index contributed by atoms with van der Waals surface area (Å²) in [7, 11) is -2.69. The molecule has 3 heterocycles. The van der Waals surface area contributed by atoms with Gasteiger partial charge in [0.25, 0.3) is 5.56 Å². The Balaban J connectivity index is 1.40. The average molecular weight is 485 g/mol. The van der Waals surface area contributed by atoms with Crippen molar-refractivity contribution in [3.05, 3.63) is 87.3 Å². The number of rotatable bonds is 4. The van der Waals surface area contributed by atoms with Gasteiger partial charge in [0, 0.05) is 56.2 Å². The molecule has 0 unspecified atom stereocenters. The van der Waals surface area contributed by atoms with Crippen molar-refractivity contribution in [2.24, 2.45) is 0 Å². The van der Waals surface area contributed by atoms with Crippen molar-refractivity contribution in [2.75, 3.05) is 30.3 Å². The number of nitrogens with zero attached hydrogens (tertiary/aromatic N) is 4. The van der Waals surface area contributed by atoms with Crippen molar-refractivity contribution in [1.29, 1.82) is 0 Å². The standard InChI is InChI=1S/C23H21ClFN5O2P/c24-21-7-8-26-23(27-21)30-9-11-33(32,12-10-30)20-14-15(5-6-18(20)25)13-19-16-3-1-2-4-17(16)22(31)29-28-19/h1-8,14,32H,9-13H2,(H,29,31). The van der Waals surface area contributed by atoms with Crippen LogP contribution in [0.4, 0.5) is 10.3 Å². The van der Waals surface area contributed by atoms with Crippen LogP contribution in [0.25, 0.3) is 10.8 Å². The summed E-state index contributed by atoms with van der Waals surface area (Å²) in [5, 5.41) is 8.81. The van der Waals surface area contributed by atoms with Gasteiger partial charge in [-0.3, -0.25) is 4.79 Å². The van der Waals surface area contributed by atoms with Crippen LogP contribution < -0.4 is 15.8 Å². The van der Waals surface area contributed by atoms with Gasteiger partial charge in [0.1, 0.15) is 11.0 Å². The Kier molecular flexibility index (Phi) is 5.83. The number of hydrogen-bond donors (Lipinski definition) is 2. The number of nitrogens with one attached hydrogen (secondary N) is 1. The van der Waals surface area contributed by atoms with E-state index in [4.69, 9.17) is 11.6 Å². The van der Waals surface area contributed by atoms with Crippen molar-refractivity contribution < 1.29 is 9.28 Å². The van der Waals surface area contributed by atoms with E-state index in [-0.39, 0.29) is 5.56 Å². The fourth-order valence-corrected chi connectivity index (χ4v) is 7.06. The van der Waals surface area contributed by atoms with Gasteiger partial charge in [0.2, 0.25) is 5.95 Å². The van der Waals surface area contributed by atoms with Gasteiger partial charge in [-0.05, 0) is 29.8 Å². The highest BCUT2D eigenvalue weighted by atomic mass is 35.5. The normalized spacial score (nSPS) is 15.7. The molecular weight excluding hydrogens is 464 g/mol. The van der Waals surface area contributed by atoms with Gasteiger partial charge >= 0.3 is 0 Å². The Labute approximate surface area is 194 Å². The zero-order valence-corrected chi connectivity index (χ0v) is 19.2. The molecule has 1 fully saturated rings. The number of aromatic amines is 1. The Bertz CT molecular complexity index is 1390. The second-order valence-corrected chi connectivity index (χ2v) is 11.7. The third-order valence-corrected chi connectivity index (χ3v) is 9.31. The SMILES string of the molecule is O=c1[nH]nc(Cc2ccc(F)c([P]3(O)CCN(c4nccc(Cl)n4)CC3)c2)c2ccccc12. The van der Waals surface area contributed by atoms with E-state index in [2.05, 4.69) is 20.2 Å². The fraction of sp³-hybridized carbons (Fsp3) is 0.217. The maximum atomic E-state index is 14.9. The lowest BCUT2D eigenvalue weighted by Crippen LogP contribution is -2.41. The molecule has 1 aliphatic rings. The summed E-state index contributed by atoms with van der Waals surface area (Å²) in [5.41, 5.74) is 1.27. The van der Waals surface area contributed by atoms with E-state index in [1.165, 1.54) is 6.07 Å². The molecule has 0 amide bonds. The molecule has 1 saturated heterocycles. The number of hydrogen-bond acceptors (Lipinski definition) is 6. The van der Waals surface area contributed by atoms with Crippen LogP contribution in [0, 0.1) is 5.82 Å². The van der Waals surface area contributed by atoms with E-state index in [0.29, 0.717) is 59.3 Å². The predicted molar refractivity (Wildman–Crippen MR) is 129 cm³/mol. The first-order valence-electron chi connectivity index (χ1n) is 10.5. The molecule has 0 atom stereocenters. The number of benzene rings is 2. The number of H-pyrrole nitrogens is 1. The second kappa shape index (κ2) is 8.78. The molecule has 5 rings (SSSR count). The smallest absolute Gasteiger partial charge is 0.272 e. The quantitative estimate of drug-likeness (QED) is 0.341. The maximum absolute atomic E-state index is 14.9. The molecule has 33 heavy (non-hydrogen) atoms. The third-order valence-electron chi connectivity index (χ3n) is 5.98. The monoisotopic (exact) mass is 484 g/mol. The highest BCUT2D eigenvalue weighted by Crippen LogP contribution is 2.55. The van der Waals surface area contributed by atoms with Gasteiger partial charge in [0.05, 0.1) is 11.1 Å². The maximum Gasteiger partial charge on any atom is 0.272 e. The van der Waals surface area contributed by atoms with Crippen LogP contribution in [0.2, 0.25) is 5.15 Å². The lowest BCUT2D eigenvalue weighted by atomic mass is 10.0. The van der Waals surface area contributed by atoms with Gasteiger partial charge in [0.15, 0.2) is 0 Å². The minimum absolute atomic E-state index is 0.246. The molecule has 0 aliphatic carbocycles. The Morgan fingerprint density at radius 3 is 2.64 bits per heavy atom. The topological polar surface area (TPSA) is 95.0 Å². The zero-order chi connectivity index (χ0) is 23.0. The molecule has 10 heteroatoms. The number of anilines is 1. The minimum atomic E-state index is -2.69. The van der Waals surface area contributed by atoms with E-state index in [1.54, 1.807) is 36.5 Å². The molecule has 2 aromatic heterocycles. The first-order chi connectivity index (χ1) is 15.9. The molecule has 1 aliphatic heterocycles. The van der Waals surface area contributed by atoms with E-state index in [1.807, 2.05) is 17.0 Å². The average Bonchev–Trinajstić information content (AvgIpc) is 2.82. The van der Waals surface area contributed by atoms with Gasteiger partial charge < -0.3 is 9.79 Å². The molecule has 2 aromatic carbocycles. The van der Waals surface area contributed by atoms with E-state index < -0.39 is 13.3 Å². The molecular formula is C23H21ClFN5O2P. The lowest BCUT2D eigenvalue weighted by Gasteiger charge is -2.40. The van der Waals surface area contributed by atoms with Gasteiger partial charge in [-0.2, -0.15) is 5.10 Å². The van der Waals surface area contributed by atoms with Crippen molar-refractivity contribution in [1.82, 2.24) is 20.2 Å². The number of aromatic nitrogens is 4. The highest BCUT2D eigenvalue weighted by Gasteiger charge is 2.35. The fourth-order valence-electron chi connectivity index (χ4n) is 4.20. The number of fused-ring (bicyclic) bond motifs is 1. The van der Waals surface area contributed by atoms with Crippen LogP contribution in [0.15, 0.2) is 59.5 Å². The molecule has 0 saturated carbocycles. The Morgan fingerprint density at radius 1 is 1.12 bits per heavy atom. The summed E-state index contributed by atoms with van der Waals surface area (Å²) in [6, 6.07) is 13.7. The summed E-state index contributed by atoms with van der Waals surface area (Å²) >= 11 is 5.97. The van der Waals surface area contributed by atoms with Gasteiger partial charge in [-0.1, -0.05) is 35.9 Å². The second-order valence-electron chi connectivity index (χ2n) is 8.04. The molecule has 169 valence electrons. The van der Waals surface area contributed by atoms with Crippen LogP contribution in [-0.2, 0) is 6.42 Å². The highest BCUT2D eigenvalue weighted by molar-refractivity contribution is 7.77. The van der Waals surface area contributed by atoms with Crippen LogP contribution in [-0.4, -0.2) is 50.5 Å². The van der Waals surface area contributed by atoms with Crippen LogP contribution in [0.5, 0.6) is 0 Å². The van der Waals surface area contributed by atoms with Crippen LogP contribution in [0.3, 0.4) is 0 Å². The van der Waals surface area contributed by atoms with Crippen LogP contribution in [0.1, 0.15) is 11.3 Å². The van der Waals surface area contributed by atoms with Gasteiger partial charge in [-0.15, -0.1) is 0 Å². The largest absolute Gasteiger partial charge is 0.375 e. The van der Waals surface area contributed by atoms with E-state index >= 15 is 0 Å². The molecule has 0 spiro atoms. The minimum Gasteiger partial charge on any atom is -0.375 e. The van der Waals surface area contributed by atoms with Crippen molar-refractivity contribution in [3.8, 4) is 0 Å².